The van der Waals surface area contributed by atoms with Gasteiger partial charge in [0.05, 0.1) is 12.1 Å². The van der Waals surface area contributed by atoms with E-state index in [9.17, 15) is 4.79 Å². The normalized spacial score (nSPS) is 17.5. The van der Waals surface area contributed by atoms with Gasteiger partial charge in [-0.2, -0.15) is 0 Å². The van der Waals surface area contributed by atoms with Gasteiger partial charge in [-0.3, -0.25) is 0 Å². The van der Waals surface area contributed by atoms with Crippen molar-refractivity contribution in [2.24, 2.45) is 0 Å². The zero-order valence-corrected chi connectivity index (χ0v) is 13.8. The summed E-state index contributed by atoms with van der Waals surface area (Å²) in [6.45, 7) is 6.66. The zero-order valence-electron chi connectivity index (χ0n) is 13.0. The molecule has 116 valence electrons. The lowest BCUT2D eigenvalue weighted by Crippen LogP contribution is -2.39. The molecule has 0 bridgehead atoms. The molecule has 1 aliphatic rings. The molecule has 1 aliphatic heterocycles. The lowest BCUT2D eigenvalue weighted by molar-refractivity contribution is 0.229. The smallest absolute Gasteiger partial charge is 0.315 e. The van der Waals surface area contributed by atoms with Crippen LogP contribution in [0.1, 0.15) is 39.9 Å². The van der Waals surface area contributed by atoms with E-state index in [1.807, 2.05) is 31.2 Å². The van der Waals surface area contributed by atoms with Crippen LogP contribution in [0.15, 0.2) is 30.3 Å². The molecule has 0 saturated carbocycles. The first-order chi connectivity index (χ1) is 10.5. The summed E-state index contributed by atoms with van der Waals surface area (Å²) in [5.41, 5.74) is 2.22. The van der Waals surface area contributed by atoms with Gasteiger partial charge in [0.25, 0.3) is 0 Å². The number of para-hydroxylation sites is 1. The molecule has 0 saturated heterocycles. The van der Waals surface area contributed by atoms with Gasteiger partial charge < -0.3 is 15.4 Å². The van der Waals surface area contributed by atoms with E-state index < -0.39 is 0 Å². The number of ether oxygens (including phenoxy) is 1. The van der Waals surface area contributed by atoms with Crippen LogP contribution < -0.4 is 15.4 Å². The van der Waals surface area contributed by atoms with Crippen LogP contribution in [-0.2, 0) is 0 Å². The molecule has 4 nitrogen and oxygen atoms in total. The van der Waals surface area contributed by atoms with Crippen LogP contribution in [0, 0.1) is 13.8 Å². The fourth-order valence-electron chi connectivity index (χ4n) is 2.84. The highest BCUT2D eigenvalue weighted by Gasteiger charge is 2.25. The highest BCUT2D eigenvalue weighted by molar-refractivity contribution is 7.12. The summed E-state index contributed by atoms with van der Waals surface area (Å²) >= 11 is 1.76. The molecule has 2 unspecified atom stereocenters. The van der Waals surface area contributed by atoms with Gasteiger partial charge >= 0.3 is 6.03 Å². The molecule has 2 heterocycles. The summed E-state index contributed by atoms with van der Waals surface area (Å²) in [5.74, 6) is 0.852. The van der Waals surface area contributed by atoms with Crippen LogP contribution in [0.25, 0.3) is 0 Å². The molecule has 22 heavy (non-hydrogen) atoms. The molecule has 0 aliphatic carbocycles. The Labute approximate surface area is 134 Å². The number of benzene rings is 1. The quantitative estimate of drug-likeness (QED) is 0.903. The molecule has 2 amide bonds. The number of nitrogens with one attached hydrogen (secondary N) is 2. The van der Waals surface area contributed by atoms with Crippen LogP contribution in [0.5, 0.6) is 5.75 Å². The largest absolute Gasteiger partial charge is 0.491 e. The molecule has 0 spiro atoms. The first-order valence-corrected chi connectivity index (χ1v) is 8.22. The average Bonchev–Trinajstić information content (AvgIpc) is 3.02. The van der Waals surface area contributed by atoms with Gasteiger partial charge in [0.1, 0.15) is 12.4 Å². The minimum atomic E-state index is -0.166. The number of hydrogen-bond donors (Lipinski definition) is 2. The maximum Gasteiger partial charge on any atom is 0.315 e. The van der Waals surface area contributed by atoms with Crippen LogP contribution in [0.4, 0.5) is 4.79 Å². The van der Waals surface area contributed by atoms with Crippen LogP contribution >= 0.6 is 11.3 Å². The minimum Gasteiger partial charge on any atom is -0.491 e. The first kappa shape index (κ1) is 14.9. The Morgan fingerprint density at radius 2 is 2.14 bits per heavy atom. The maximum absolute atomic E-state index is 12.2. The van der Waals surface area contributed by atoms with Crippen molar-refractivity contribution in [3.8, 4) is 5.75 Å². The van der Waals surface area contributed by atoms with Crippen LogP contribution in [0.3, 0.4) is 0 Å². The van der Waals surface area contributed by atoms with E-state index in [4.69, 9.17) is 4.74 Å². The Hall–Kier alpha value is -2.01. The minimum absolute atomic E-state index is 0.0116. The van der Waals surface area contributed by atoms with Crippen molar-refractivity contribution in [1.29, 1.82) is 0 Å². The van der Waals surface area contributed by atoms with Gasteiger partial charge in [-0.15, -0.1) is 11.3 Å². The number of hydrogen-bond acceptors (Lipinski definition) is 3. The molecule has 0 fully saturated rings. The fourth-order valence-corrected chi connectivity index (χ4v) is 3.86. The van der Waals surface area contributed by atoms with Gasteiger partial charge in [0, 0.05) is 15.3 Å². The molecular weight excluding hydrogens is 296 g/mol. The Morgan fingerprint density at radius 1 is 1.36 bits per heavy atom. The number of carbonyl (C=O) groups excluding carboxylic acids is 1. The van der Waals surface area contributed by atoms with Crippen molar-refractivity contribution in [3.63, 3.8) is 0 Å². The molecule has 0 radical (unpaired) electrons. The predicted molar refractivity (Wildman–Crippen MR) is 88.6 cm³/mol. The third-order valence-electron chi connectivity index (χ3n) is 3.90. The topological polar surface area (TPSA) is 50.4 Å². The van der Waals surface area contributed by atoms with Crippen LogP contribution in [-0.4, -0.2) is 12.6 Å². The van der Waals surface area contributed by atoms with E-state index in [0.717, 1.165) is 11.3 Å². The summed E-state index contributed by atoms with van der Waals surface area (Å²) < 4.78 is 5.58. The second-order valence-corrected chi connectivity index (χ2v) is 7.07. The van der Waals surface area contributed by atoms with E-state index >= 15 is 0 Å². The van der Waals surface area contributed by atoms with Crippen molar-refractivity contribution >= 4 is 17.4 Å². The predicted octanol–water partition coefficient (Wildman–Crippen LogP) is 3.86. The Kier molecular flexibility index (Phi) is 4.07. The fraction of sp³-hybridized carbons (Fsp3) is 0.353. The third kappa shape index (κ3) is 2.95. The summed E-state index contributed by atoms with van der Waals surface area (Å²) in [6.07, 6.45) is 0. The van der Waals surface area contributed by atoms with Crippen molar-refractivity contribution < 1.29 is 9.53 Å². The Bertz CT molecular complexity index is 696. The van der Waals surface area contributed by atoms with Gasteiger partial charge in [0.15, 0.2) is 0 Å². The molecule has 5 heteroatoms. The number of aryl methyl sites for hydroxylation is 2. The van der Waals surface area contributed by atoms with E-state index in [1.165, 1.54) is 15.3 Å². The van der Waals surface area contributed by atoms with E-state index in [1.54, 1.807) is 11.3 Å². The van der Waals surface area contributed by atoms with Crippen molar-refractivity contribution in [2.75, 3.05) is 6.61 Å². The lowest BCUT2D eigenvalue weighted by atomic mass is 10.1. The summed E-state index contributed by atoms with van der Waals surface area (Å²) in [6, 6.07) is 9.68. The van der Waals surface area contributed by atoms with E-state index in [2.05, 4.69) is 30.5 Å². The van der Waals surface area contributed by atoms with Gasteiger partial charge in [-0.05, 0) is 38.5 Å². The van der Waals surface area contributed by atoms with Crippen molar-refractivity contribution in [1.82, 2.24) is 10.6 Å². The standard InChI is InChI=1S/C17H20N2O2S/c1-10-8-14(12(3)22-10)11(2)18-17(20)19-15-9-21-16-7-5-4-6-13(15)16/h4-8,11,15H,9H2,1-3H3,(H2,18,19,20). The maximum atomic E-state index is 12.2. The number of urea groups is 1. The Morgan fingerprint density at radius 3 is 2.86 bits per heavy atom. The average molecular weight is 316 g/mol. The van der Waals surface area contributed by atoms with Crippen molar-refractivity contribution in [3.05, 3.63) is 51.2 Å². The van der Waals surface area contributed by atoms with Gasteiger partial charge in [-0.25, -0.2) is 4.79 Å². The number of rotatable bonds is 3. The summed E-state index contributed by atoms with van der Waals surface area (Å²) in [7, 11) is 0. The van der Waals surface area contributed by atoms with Gasteiger partial charge in [-0.1, -0.05) is 18.2 Å². The first-order valence-electron chi connectivity index (χ1n) is 7.40. The molecule has 2 aromatic rings. The molecule has 3 rings (SSSR count). The van der Waals surface area contributed by atoms with Crippen molar-refractivity contribution in [2.45, 2.75) is 32.9 Å². The zero-order chi connectivity index (χ0) is 15.7. The van der Waals surface area contributed by atoms with Crippen LogP contribution in [0.2, 0.25) is 0 Å². The number of fused-ring (bicyclic) bond motifs is 1. The highest BCUT2D eigenvalue weighted by Crippen LogP contribution is 2.31. The number of amides is 2. The molecule has 1 aromatic heterocycles. The van der Waals surface area contributed by atoms with Gasteiger partial charge in [0.2, 0.25) is 0 Å². The SMILES string of the molecule is Cc1cc(C(C)NC(=O)NC2COc3ccccc32)c(C)s1. The molecule has 1 aromatic carbocycles. The van der Waals surface area contributed by atoms with E-state index in [-0.39, 0.29) is 18.1 Å². The second kappa shape index (κ2) is 6.01. The molecule has 2 N–H and O–H groups in total. The Balaban J connectivity index is 1.63. The summed E-state index contributed by atoms with van der Waals surface area (Å²) in [4.78, 5) is 14.7. The summed E-state index contributed by atoms with van der Waals surface area (Å²) in [5, 5.41) is 6.00. The third-order valence-corrected chi connectivity index (χ3v) is 4.88. The van der Waals surface area contributed by atoms with E-state index in [0.29, 0.717) is 6.61 Å². The second-order valence-electron chi connectivity index (χ2n) is 5.61. The highest BCUT2D eigenvalue weighted by atomic mass is 32.1. The molecular formula is C17H20N2O2S. The number of carbonyl (C=O) groups is 1. The number of thiophene rings is 1. The monoisotopic (exact) mass is 316 g/mol. The lowest BCUT2D eigenvalue weighted by Gasteiger charge is -2.17. The molecule has 2 atom stereocenters.